The number of carboxylic acids is 1. The van der Waals surface area contributed by atoms with Crippen molar-refractivity contribution in [3.05, 3.63) is 0 Å². The molecule has 16 heavy (non-hydrogen) atoms. The number of rotatable bonds is 7. The third-order valence-corrected chi connectivity index (χ3v) is 3.04. The summed E-state index contributed by atoms with van der Waals surface area (Å²) >= 11 is 0. The summed E-state index contributed by atoms with van der Waals surface area (Å²) in [5.41, 5.74) is 0. The van der Waals surface area contributed by atoms with Crippen LogP contribution < -0.4 is 0 Å². The number of carbonyl (C=O) groups is 1. The standard InChI is InChI=1S/C12H23NO3/c1-2-11-10-13(8-9-16-11)7-5-3-4-6-12(14)15/h11H,2-10H2,1H3,(H,14,15). The molecule has 0 radical (unpaired) electrons. The van der Waals surface area contributed by atoms with Crippen molar-refractivity contribution in [1.82, 2.24) is 4.90 Å². The van der Waals surface area contributed by atoms with Crippen molar-refractivity contribution in [2.24, 2.45) is 0 Å². The van der Waals surface area contributed by atoms with Gasteiger partial charge in [0, 0.05) is 19.5 Å². The third-order valence-electron chi connectivity index (χ3n) is 3.04. The zero-order chi connectivity index (χ0) is 11.8. The molecule has 1 aliphatic heterocycles. The summed E-state index contributed by atoms with van der Waals surface area (Å²) in [7, 11) is 0. The molecule has 0 bridgehead atoms. The molecule has 0 saturated carbocycles. The Balaban J connectivity index is 2.01. The van der Waals surface area contributed by atoms with Crippen LogP contribution in [0.25, 0.3) is 0 Å². The van der Waals surface area contributed by atoms with E-state index in [1.165, 1.54) is 0 Å². The molecule has 1 aliphatic rings. The number of aliphatic carboxylic acids is 1. The van der Waals surface area contributed by atoms with E-state index in [0.29, 0.717) is 12.5 Å². The van der Waals surface area contributed by atoms with Crippen LogP contribution in [0.4, 0.5) is 0 Å². The summed E-state index contributed by atoms with van der Waals surface area (Å²) in [4.78, 5) is 12.7. The summed E-state index contributed by atoms with van der Waals surface area (Å²) in [5.74, 6) is -0.683. The van der Waals surface area contributed by atoms with Gasteiger partial charge in [-0.05, 0) is 25.8 Å². The Hall–Kier alpha value is -0.610. The molecule has 1 fully saturated rings. The molecule has 0 aliphatic carbocycles. The highest BCUT2D eigenvalue weighted by atomic mass is 16.5. The molecule has 1 heterocycles. The summed E-state index contributed by atoms with van der Waals surface area (Å²) in [6.45, 7) is 6.14. The molecular weight excluding hydrogens is 206 g/mol. The van der Waals surface area contributed by atoms with Gasteiger partial charge in [0.05, 0.1) is 12.7 Å². The molecule has 1 saturated heterocycles. The van der Waals surface area contributed by atoms with Gasteiger partial charge in [-0.2, -0.15) is 0 Å². The molecule has 0 amide bonds. The maximum absolute atomic E-state index is 10.3. The first-order valence-corrected chi connectivity index (χ1v) is 6.28. The maximum Gasteiger partial charge on any atom is 0.303 e. The fourth-order valence-corrected chi connectivity index (χ4v) is 2.02. The van der Waals surface area contributed by atoms with Crippen LogP contribution in [0.2, 0.25) is 0 Å². The van der Waals surface area contributed by atoms with E-state index < -0.39 is 5.97 Å². The minimum Gasteiger partial charge on any atom is -0.481 e. The van der Waals surface area contributed by atoms with E-state index in [1.807, 2.05) is 0 Å². The van der Waals surface area contributed by atoms with E-state index in [4.69, 9.17) is 9.84 Å². The minimum absolute atomic E-state index is 0.306. The van der Waals surface area contributed by atoms with Gasteiger partial charge in [-0.3, -0.25) is 9.69 Å². The normalized spacial score (nSPS) is 22.2. The van der Waals surface area contributed by atoms with Crippen molar-refractivity contribution in [1.29, 1.82) is 0 Å². The summed E-state index contributed by atoms with van der Waals surface area (Å²) in [6, 6.07) is 0. The van der Waals surface area contributed by atoms with Crippen LogP contribution in [-0.2, 0) is 9.53 Å². The number of morpholine rings is 1. The summed E-state index contributed by atoms with van der Waals surface area (Å²) in [6.07, 6.45) is 4.70. The Bertz CT molecular complexity index is 208. The van der Waals surface area contributed by atoms with Gasteiger partial charge >= 0.3 is 5.97 Å². The Kier molecular flexibility index (Phi) is 6.42. The summed E-state index contributed by atoms with van der Waals surface area (Å²) < 4.78 is 5.60. The molecule has 1 rings (SSSR count). The van der Waals surface area contributed by atoms with Crippen molar-refractivity contribution < 1.29 is 14.6 Å². The van der Waals surface area contributed by atoms with Crippen molar-refractivity contribution in [2.45, 2.75) is 45.1 Å². The van der Waals surface area contributed by atoms with Crippen molar-refractivity contribution >= 4 is 5.97 Å². The van der Waals surface area contributed by atoms with Crippen molar-refractivity contribution in [3.8, 4) is 0 Å². The number of ether oxygens (including phenoxy) is 1. The van der Waals surface area contributed by atoms with E-state index >= 15 is 0 Å². The highest BCUT2D eigenvalue weighted by molar-refractivity contribution is 5.66. The molecule has 4 nitrogen and oxygen atoms in total. The topological polar surface area (TPSA) is 49.8 Å². The fourth-order valence-electron chi connectivity index (χ4n) is 2.02. The molecule has 94 valence electrons. The molecule has 0 aromatic carbocycles. The predicted molar refractivity (Wildman–Crippen MR) is 62.6 cm³/mol. The lowest BCUT2D eigenvalue weighted by Crippen LogP contribution is -2.42. The van der Waals surface area contributed by atoms with Crippen LogP contribution in [-0.4, -0.2) is 48.3 Å². The molecule has 0 aromatic rings. The van der Waals surface area contributed by atoms with Crippen LogP contribution >= 0.6 is 0 Å². The Morgan fingerprint density at radius 2 is 2.25 bits per heavy atom. The van der Waals surface area contributed by atoms with Crippen molar-refractivity contribution in [2.75, 3.05) is 26.2 Å². The van der Waals surface area contributed by atoms with Crippen LogP contribution in [0, 0.1) is 0 Å². The van der Waals surface area contributed by atoms with Crippen LogP contribution in [0.5, 0.6) is 0 Å². The summed E-state index contributed by atoms with van der Waals surface area (Å²) in [5, 5.41) is 8.50. The lowest BCUT2D eigenvalue weighted by atomic mass is 10.1. The van der Waals surface area contributed by atoms with Gasteiger partial charge < -0.3 is 9.84 Å². The van der Waals surface area contributed by atoms with Gasteiger partial charge in [0.1, 0.15) is 0 Å². The fraction of sp³-hybridized carbons (Fsp3) is 0.917. The van der Waals surface area contributed by atoms with Crippen molar-refractivity contribution in [3.63, 3.8) is 0 Å². The second kappa shape index (κ2) is 7.63. The number of unbranched alkanes of at least 4 members (excludes halogenated alkanes) is 2. The van der Waals surface area contributed by atoms with E-state index in [9.17, 15) is 4.79 Å². The van der Waals surface area contributed by atoms with E-state index in [0.717, 1.165) is 51.9 Å². The monoisotopic (exact) mass is 229 g/mol. The molecular formula is C12H23NO3. The van der Waals surface area contributed by atoms with Gasteiger partial charge in [0.2, 0.25) is 0 Å². The smallest absolute Gasteiger partial charge is 0.303 e. The number of hydrogen-bond acceptors (Lipinski definition) is 3. The van der Waals surface area contributed by atoms with Gasteiger partial charge in [0.15, 0.2) is 0 Å². The first kappa shape index (κ1) is 13.5. The molecule has 0 spiro atoms. The second-order valence-corrected chi connectivity index (χ2v) is 4.41. The average molecular weight is 229 g/mol. The molecule has 1 unspecified atom stereocenters. The number of nitrogens with zero attached hydrogens (tertiary/aromatic N) is 1. The highest BCUT2D eigenvalue weighted by Gasteiger charge is 2.17. The third kappa shape index (κ3) is 5.47. The molecule has 1 atom stereocenters. The molecule has 1 N–H and O–H groups in total. The lowest BCUT2D eigenvalue weighted by molar-refractivity contribution is -0.137. The van der Waals surface area contributed by atoms with Gasteiger partial charge in [-0.1, -0.05) is 13.3 Å². The van der Waals surface area contributed by atoms with Gasteiger partial charge in [-0.25, -0.2) is 0 Å². The molecule has 4 heteroatoms. The Morgan fingerprint density at radius 1 is 1.44 bits per heavy atom. The zero-order valence-corrected chi connectivity index (χ0v) is 10.2. The van der Waals surface area contributed by atoms with E-state index in [-0.39, 0.29) is 0 Å². The van der Waals surface area contributed by atoms with E-state index in [1.54, 1.807) is 0 Å². The SMILES string of the molecule is CCC1CN(CCCCCC(=O)O)CCO1. The van der Waals surface area contributed by atoms with E-state index in [2.05, 4.69) is 11.8 Å². The number of carboxylic acid groups (broad SMARTS) is 1. The largest absolute Gasteiger partial charge is 0.481 e. The lowest BCUT2D eigenvalue weighted by Gasteiger charge is -2.32. The molecule has 0 aromatic heterocycles. The Morgan fingerprint density at radius 3 is 2.94 bits per heavy atom. The van der Waals surface area contributed by atoms with Crippen LogP contribution in [0.15, 0.2) is 0 Å². The first-order chi connectivity index (χ1) is 7.72. The van der Waals surface area contributed by atoms with Gasteiger partial charge in [0.25, 0.3) is 0 Å². The van der Waals surface area contributed by atoms with Gasteiger partial charge in [-0.15, -0.1) is 0 Å². The van der Waals surface area contributed by atoms with Crippen LogP contribution in [0.3, 0.4) is 0 Å². The Labute approximate surface area is 97.6 Å². The first-order valence-electron chi connectivity index (χ1n) is 6.28. The number of hydrogen-bond donors (Lipinski definition) is 1. The maximum atomic E-state index is 10.3. The quantitative estimate of drug-likeness (QED) is 0.676. The highest BCUT2D eigenvalue weighted by Crippen LogP contribution is 2.10. The minimum atomic E-state index is -0.683. The average Bonchev–Trinajstić information content (AvgIpc) is 2.28. The predicted octanol–water partition coefficient (Wildman–Crippen LogP) is 1.74. The zero-order valence-electron chi connectivity index (χ0n) is 10.2. The second-order valence-electron chi connectivity index (χ2n) is 4.41. The van der Waals surface area contributed by atoms with Crippen LogP contribution in [0.1, 0.15) is 39.0 Å².